The van der Waals surface area contributed by atoms with E-state index in [9.17, 15) is 27.1 Å². The molecule has 9 heteroatoms. The van der Waals surface area contributed by atoms with Crippen LogP contribution in [-0.4, -0.2) is 41.5 Å². The summed E-state index contributed by atoms with van der Waals surface area (Å²) in [6, 6.07) is 0. The quantitative estimate of drug-likeness (QED) is 0.585. The lowest BCUT2D eigenvalue weighted by molar-refractivity contribution is -0.281. The van der Waals surface area contributed by atoms with Gasteiger partial charge in [0.1, 0.15) is 0 Å². The van der Waals surface area contributed by atoms with Crippen LogP contribution in [0.25, 0.3) is 0 Å². The van der Waals surface area contributed by atoms with Crippen molar-refractivity contribution in [2.24, 2.45) is 22.7 Å². The van der Waals surface area contributed by atoms with Crippen molar-refractivity contribution in [1.82, 2.24) is 0 Å². The molecule has 4 saturated carbocycles. The molecule has 0 aliphatic heterocycles. The number of rotatable bonds is 4. The van der Waals surface area contributed by atoms with E-state index in [1.54, 1.807) is 0 Å². The van der Waals surface area contributed by atoms with Gasteiger partial charge in [-0.3, -0.25) is 4.55 Å². The second kappa shape index (κ2) is 3.64. The molecule has 2 unspecified atom stereocenters. The molecule has 0 aromatic carbocycles. The zero-order valence-electron chi connectivity index (χ0n) is 11.6. The first-order valence-electron chi connectivity index (χ1n) is 7.20. The van der Waals surface area contributed by atoms with Gasteiger partial charge in [0.25, 0.3) is 0 Å². The molecule has 2 atom stereocenters. The maximum Gasteiger partial charge on any atom is 0.465 e. The summed E-state index contributed by atoms with van der Waals surface area (Å²) >= 11 is 0. The minimum atomic E-state index is -5.83. The number of fused-ring (bicyclic) bond motifs is 1. The Labute approximate surface area is 125 Å². The molecule has 22 heavy (non-hydrogen) atoms. The van der Waals surface area contributed by atoms with E-state index in [0.29, 0.717) is 43.9 Å². The number of carbonyl (C=O) groups is 1. The normalized spacial score (nSPS) is 48.4. The molecule has 0 saturated heterocycles. The van der Waals surface area contributed by atoms with Crippen LogP contribution in [0.4, 0.5) is 8.78 Å². The molecule has 0 radical (unpaired) electrons. The molecule has 4 aliphatic rings. The van der Waals surface area contributed by atoms with Crippen LogP contribution in [0.2, 0.25) is 0 Å². The topological polar surface area (TPSA) is 101 Å². The third kappa shape index (κ3) is 1.41. The lowest BCUT2D eigenvalue weighted by Gasteiger charge is -2.74. The minimum Gasteiger partial charge on any atom is -0.460 e. The first-order chi connectivity index (χ1) is 9.96. The number of ether oxygens (including phenoxy) is 1. The average Bonchev–Trinajstić information content (AvgIpc) is 2.79. The van der Waals surface area contributed by atoms with Crippen LogP contribution in [0, 0.1) is 22.7 Å². The fourth-order valence-corrected chi connectivity index (χ4v) is 6.30. The minimum absolute atomic E-state index is 0.130. The highest BCUT2D eigenvalue weighted by Crippen LogP contribution is 2.87. The van der Waals surface area contributed by atoms with Gasteiger partial charge in [0.2, 0.25) is 0 Å². The molecule has 0 aromatic heterocycles. The molecule has 1 spiro atoms. The Hall–Kier alpha value is -0.800. The molecule has 4 rings (SSSR count). The van der Waals surface area contributed by atoms with E-state index in [4.69, 9.17) is 4.55 Å². The molecular weight excluding hydrogens is 322 g/mol. The summed E-state index contributed by atoms with van der Waals surface area (Å²) in [4.78, 5) is 11.3. The summed E-state index contributed by atoms with van der Waals surface area (Å²) in [6.45, 7) is -0.278. The van der Waals surface area contributed by atoms with E-state index < -0.39 is 32.4 Å². The third-order valence-corrected chi connectivity index (χ3v) is 7.45. The van der Waals surface area contributed by atoms with Crippen molar-refractivity contribution in [3.63, 3.8) is 0 Å². The largest absolute Gasteiger partial charge is 0.465 e. The van der Waals surface area contributed by atoms with Crippen molar-refractivity contribution in [2.45, 2.75) is 43.0 Å². The highest BCUT2D eigenvalue weighted by molar-refractivity contribution is 7.87. The SMILES string of the molecule is O=C(OCC12CC3CC4(O)CC(C1)C32C4)C(F)(F)S(=O)(=O)O. The van der Waals surface area contributed by atoms with E-state index in [0.717, 1.165) is 0 Å². The number of aliphatic hydroxyl groups is 1. The zero-order valence-corrected chi connectivity index (χ0v) is 12.4. The summed E-state index contributed by atoms with van der Waals surface area (Å²) in [5.41, 5.74) is -1.21. The van der Waals surface area contributed by atoms with Gasteiger partial charge >= 0.3 is 21.3 Å². The smallest absolute Gasteiger partial charge is 0.460 e. The number of hydrogen-bond acceptors (Lipinski definition) is 5. The number of esters is 1. The van der Waals surface area contributed by atoms with Crippen molar-refractivity contribution >= 4 is 16.1 Å². The summed E-state index contributed by atoms with van der Waals surface area (Å²) in [5.74, 6) is -1.56. The van der Waals surface area contributed by atoms with Gasteiger partial charge in [0.05, 0.1) is 12.2 Å². The Balaban J connectivity index is 1.48. The Morgan fingerprint density at radius 2 is 1.77 bits per heavy atom. The van der Waals surface area contributed by atoms with Crippen molar-refractivity contribution in [3.8, 4) is 0 Å². The van der Waals surface area contributed by atoms with Crippen molar-refractivity contribution in [2.75, 3.05) is 6.61 Å². The molecule has 0 amide bonds. The number of alkyl halides is 2. The number of hydrogen-bond donors (Lipinski definition) is 2. The molecule has 0 aromatic rings. The van der Waals surface area contributed by atoms with Crippen LogP contribution in [0.3, 0.4) is 0 Å². The van der Waals surface area contributed by atoms with Crippen LogP contribution in [0.5, 0.6) is 0 Å². The number of carbonyl (C=O) groups excluding carboxylic acids is 1. The molecule has 0 heterocycles. The average molecular weight is 338 g/mol. The van der Waals surface area contributed by atoms with Gasteiger partial charge < -0.3 is 9.84 Å². The standard InChI is InChI=1S/C13H16F2O6S/c14-13(15,22(18,19)20)9(16)21-6-10-1-7-3-11(17)4-8(2-10)12(7,10)5-11/h7-8,17H,1-6H2,(H,18,19,20). The van der Waals surface area contributed by atoms with Gasteiger partial charge in [-0.15, -0.1) is 0 Å². The van der Waals surface area contributed by atoms with E-state index in [1.807, 2.05) is 0 Å². The van der Waals surface area contributed by atoms with E-state index in [2.05, 4.69) is 4.74 Å². The third-order valence-electron chi connectivity index (χ3n) is 6.63. The van der Waals surface area contributed by atoms with Crippen LogP contribution in [-0.2, 0) is 19.6 Å². The van der Waals surface area contributed by atoms with Crippen molar-refractivity contribution in [1.29, 1.82) is 0 Å². The van der Waals surface area contributed by atoms with Crippen LogP contribution < -0.4 is 0 Å². The first kappa shape index (κ1) is 14.8. The Bertz CT molecular complexity index is 656. The van der Waals surface area contributed by atoms with E-state index in [1.165, 1.54) is 0 Å². The van der Waals surface area contributed by atoms with Gasteiger partial charge in [0.15, 0.2) is 0 Å². The second-order valence-corrected chi connectivity index (χ2v) is 8.96. The fourth-order valence-electron chi connectivity index (χ4n) is 6.03. The highest BCUT2D eigenvalue weighted by atomic mass is 32.2. The van der Waals surface area contributed by atoms with Crippen LogP contribution in [0.15, 0.2) is 0 Å². The molecule has 6 nitrogen and oxygen atoms in total. The van der Waals surface area contributed by atoms with Gasteiger partial charge in [-0.05, 0) is 49.4 Å². The Morgan fingerprint density at radius 1 is 1.23 bits per heavy atom. The molecule has 4 fully saturated rings. The summed E-state index contributed by atoms with van der Waals surface area (Å²) in [6.07, 6.45) is 3.44. The van der Waals surface area contributed by atoms with Gasteiger partial charge in [-0.2, -0.15) is 17.2 Å². The van der Waals surface area contributed by atoms with E-state index >= 15 is 0 Å². The predicted molar refractivity (Wildman–Crippen MR) is 67.3 cm³/mol. The second-order valence-electron chi connectivity index (χ2n) is 7.50. The van der Waals surface area contributed by atoms with Gasteiger partial charge in [-0.25, -0.2) is 4.79 Å². The summed E-state index contributed by atoms with van der Waals surface area (Å²) in [7, 11) is -5.83. The lowest BCUT2D eigenvalue weighted by atomic mass is 9.30. The zero-order chi connectivity index (χ0) is 16.2. The van der Waals surface area contributed by atoms with Crippen molar-refractivity contribution < 1.29 is 36.4 Å². The Morgan fingerprint density at radius 3 is 2.23 bits per heavy atom. The van der Waals surface area contributed by atoms with Crippen molar-refractivity contribution in [3.05, 3.63) is 0 Å². The number of halogens is 2. The summed E-state index contributed by atoms with van der Waals surface area (Å²) < 4.78 is 60.4. The maximum atomic E-state index is 13.2. The predicted octanol–water partition coefficient (Wildman–Crippen LogP) is 0.951. The molecule has 2 bridgehead atoms. The van der Waals surface area contributed by atoms with E-state index in [-0.39, 0.29) is 12.0 Å². The summed E-state index contributed by atoms with van der Waals surface area (Å²) in [5, 5.41) is 5.46. The van der Waals surface area contributed by atoms with Gasteiger partial charge in [0, 0.05) is 5.41 Å². The molecular formula is C13H16F2O6S. The van der Waals surface area contributed by atoms with Gasteiger partial charge in [-0.1, -0.05) is 0 Å². The first-order valence-corrected chi connectivity index (χ1v) is 8.64. The van der Waals surface area contributed by atoms with Crippen LogP contribution >= 0.6 is 0 Å². The fraction of sp³-hybridized carbons (Fsp3) is 0.923. The Kier molecular flexibility index (Phi) is 2.45. The molecule has 4 aliphatic carbocycles. The lowest BCUT2D eigenvalue weighted by Crippen LogP contribution is -2.70. The monoisotopic (exact) mass is 338 g/mol. The van der Waals surface area contributed by atoms with Crippen LogP contribution in [0.1, 0.15) is 32.1 Å². The molecule has 2 N–H and O–H groups in total. The highest BCUT2D eigenvalue weighted by Gasteiger charge is 2.84. The molecule has 124 valence electrons. The maximum absolute atomic E-state index is 13.2.